The highest BCUT2D eigenvalue weighted by molar-refractivity contribution is 5.85. The van der Waals surface area contributed by atoms with Gasteiger partial charge in [0.25, 0.3) is 0 Å². The summed E-state index contributed by atoms with van der Waals surface area (Å²) in [5.74, 6) is 0. The van der Waals surface area contributed by atoms with Crippen LogP contribution in [0.5, 0.6) is 0 Å². The van der Waals surface area contributed by atoms with Gasteiger partial charge in [-0.1, -0.05) is 48.5 Å². The maximum Gasteiger partial charge on any atom is 0.144 e. The maximum atomic E-state index is 11.7. The molecule has 2 aromatic carbocycles. The van der Waals surface area contributed by atoms with Crippen LogP contribution in [0.3, 0.4) is 0 Å². The van der Waals surface area contributed by atoms with E-state index >= 15 is 0 Å². The number of aliphatic hydroxyl groups is 1. The molecule has 5 rings (SSSR count). The van der Waals surface area contributed by atoms with Gasteiger partial charge in [-0.2, -0.15) is 0 Å². The van der Waals surface area contributed by atoms with Crippen LogP contribution in [0.2, 0.25) is 0 Å². The molecule has 1 N–H and O–H groups in total. The molecule has 114 valence electrons. The highest BCUT2D eigenvalue weighted by Gasteiger charge is 2.44. The van der Waals surface area contributed by atoms with Crippen LogP contribution < -0.4 is 0 Å². The summed E-state index contributed by atoms with van der Waals surface area (Å²) in [6.45, 7) is 0. The largest absolute Gasteiger partial charge is 0.376 e. The van der Waals surface area contributed by atoms with Gasteiger partial charge in [0.1, 0.15) is 5.60 Å². The third-order valence-corrected chi connectivity index (χ3v) is 4.79. The Morgan fingerprint density at radius 2 is 1.29 bits per heavy atom. The van der Waals surface area contributed by atoms with E-state index in [1.54, 1.807) is 12.4 Å². The first-order valence-electron chi connectivity index (χ1n) is 7.91. The summed E-state index contributed by atoms with van der Waals surface area (Å²) in [5, 5.41) is 14.0. The second kappa shape index (κ2) is 4.73. The van der Waals surface area contributed by atoms with Crippen LogP contribution in [0.25, 0.3) is 22.2 Å². The number of nitrogens with zero attached hydrogens (tertiary/aromatic N) is 2. The van der Waals surface area contributed by atoms with E-state index < -0.39 is 5.60 Å². The Bertz CT molecular complexity index is 1040. The predicted octanol–water partition coefficient (Wildman–Crippen LogP) is 3.89. The third-order valence-electron chi connectivity index (χ3n) is 4.79. The van der Waals surface area contributed by atoms with E-state index in [9.17, 15) is 5.11 Å². The van der Waals surface area contributed by atoms with Crippen molar-refractivity contribution in [1.82, 2.24) is 9.97 Å². The molecule has 0 saturated carbocycles. The van der Waals surface area contributed by atoms with Crippen molar-refractivity contribution in [3.05, 3.63) is 95.8 Å². The molecular weight excluding hydrogens is 296 g/mol. The number of hydrogen-bond acceptors (Lipinski definition) is 3. The molecular formula is C21H14N2O. The Morgan fingerprint density at radius 3 is 1.96 bits per heavy atom. The van der Waals surface area contributed by atoms with Crippen molar-refractivity contribution in [1.29, 1.82) is 0 Å². The van der Waals surface area contributed by atoms with E-state index in [2.05, 4.69) is 22.1 Å². The van der Waals surface area contributed by atoms with Crippen molar-refractivity contribution >= 4 is 10.8 Å². The lowest BCUT2D eigenvalue weighted by atomic mass is 9.84. The molecule has 3 nitrogen and oxygen atoms in total. The molecule has 0 radical (unpaired) electrons. The summed E-state index contributed by atoms with van der Waals surface area (Å²) in [5.41, 5.74) is 2.69. The second-order valence-electron chi connectivity index (χ2n) is 6.07. The Kier molecular flexibility index (Phi) is 2.64. The van der Waals surface area contributed by atoms with E-state index in [1.807, 2.05) is 54.6 Å². The summed E-state index contributed by atoms with van der Waals surface area (Å²) in [4.78, 5) is 8.92. The summed E-state index contributed by atoms with van der Waals surface area (Å²) >= 11 is 0. The van der Waals surface area contributed by atoms with Gasteiger partial charge in [0.05, 0.1) is 11.4 Å². The highest BCUT2D eigenvalue weighted by atomic mass is 16.3. The van der Waals surface area contributed by atoms with E-state index in [0.717, 1.165) is 38.9 Å². The topological polar surface area (TPSA) is 46.0 Å². The standard InChI is InChI=1S/C21H14N2O/c24-21(16-10-9-14-5-1-2-6-15(14)13-16)17-7-3-11-22-19(17)20-18(21)8-4-12-23-20/h1-13,24H. The Labute approximate surface area is 139 Å². The fourth-order valence-corrected chi connectivity index (χ4v) is 3.64. The van der Waals surface area contributed by atoms with Gasteiger partial charge in [0, 0.05) is 23.5 Å². The molecule has 0 saturated heterocycles. The molecule has 2 heterocycles. The maximum absolute atomic E-state index is 11.7. The predicted molar refractivity (Wildman–Crippen MR) is 93.5 cm³/mol. The molecule has 1 aliphatic rings. The SMILES string of the molecule is OC1(c2ccc3ccccc3c2)c2cccnc2-c2ncccc21. The van der Waals surface area contributed by atoms with Crippen molar-refractivity contribution in [2.45, 2.75) is 5.60 Å². The number of pyridine rings is 2. The number of rotatable bonds is 1. The molecule has 0 spiro atoms. The Morgan fingerprint density at radius 1 is 0.667 bits per heavy atom. The van der Waals surface area contributed by atoms with Crippen LogP contribution in [-0.2, 0) is 5.60 Å². The molecule has 0 aliphatic heterocycles. The molecule has 3 heteroatoms. The average molecular weight is 310 g/mol. The Balaban J connectivity index is 1.85. The van der Waals surface area contributed by atoms with Gasteiger partial charge in [0.2, 0.25) is 0 Å². The molecule has 2 aromatic heterocycles. The number of fused-ring (bicyclic) bond motifs is 4. The van der Waals surface area contributed by atoms with Crippen molar-refractivity contribution in [3.63, 3.8) is 0 Å². The van der Waals surface area contributed by atoms with Crippen LogP contribution in [0.4, 0.5) is 0 Å². The lowest BCUT2D eigenvalue weighted by Crippen LogP contribution is -2.26. The van der Waals surface area contributed by atoms with E-state index in [0.29, 0.717) is 0 Å². The fourth-order valence-electron chi connectivity index (χ4n) is 3.64. The minimum absolute atomic E-state index is 0.753. The van der Waals surface area contributed by atoms with Crippen LogP contribution in [-0.4, -0.2) is 15.1 Å². The van der Waals surface area contributed by atoms with Crippen molar-refractivity contribution < 1.29 is 5.11 Å². The van der Waals surface area contributed by atoms with E-state index in [4.69, 9.17) is 0 Å². The zero-order valence-electron chi connectivity index (χ0n) is 12.8. The van der Waals surface area contributed by atoms with Crippen LogP contribution >= 0.6 is 0 Å². The first kappa shape index (κ1) is 13.4. The number of benzene rings is 2. The van der Waals surface area contributed by atoms with Crippen LogP contribution in [0.15, 0.2) is 79.1 Å². The molecule has 1 aliphatic carbocycles. The van der Waals surface area contributed by atoms with Crippen molar-refractivity contribution in [2.24, 2.45) is 0 Å². The molecule has 4 aromatic rings. The number of aromatic nitrogens is 2. The summed E-state index contributed by atoms with van der Waals surface area (Å²) in [7, 11) is 0. The zero-order chi connectivity index (χ0) is 16.1. The van der Waals surface area contributed by atoms with Gasteiger partial charge in [-0.25, -0.2) is 0 Å². The smallest absolute Gasteiger partial charge is 0.144 e. The van der Waals surface area contributed by atoms with Crippen LogP contribution in [0.1, 0.15) is 16.7 Å². The van der Waals surface area contributed by atoms with Crippen molar-refractivity contribution in [3.8, 4) is 11.4 Å². The lowest BCUT2D eigenvalue weighted by molar-refractivity contribution is 0.130. The van der Waals surface area contributed by atoms with Gasteiger partial charge in [-0.3, -0.25) is 9.97 Å². The molecule has 0 bridgehead atoms. The van der Waals surface area contributed by atoms with Crippen LogP contribution in [0, 0.1) is 0 Å². The minimum Gasteiger partial charge on any atom is -0.376 e. The van der Waals surface area contributed by atoms with E-state index in [1.165, 1.54) is 0 Å². The second-order valence-corrected chi connectivity index (χ2v) is 6.07. The monoisotopic (exact) mass is 310 g/mol. The van der Waals surface area contributed by atoms with Gasteiger partial charge >= 0.3 is 0 Å². The molecule has 24 heavy (non-hydrogen) atoms. The summed E-state index contributed by atoms with van der Waals surface area (Å²) in [6, 6.07) is 21.8. The quantitative estimate of drug-likeness (QED) is 0.580. The van der Waals surface area contributed by atoms with Gasteiger partial charge in [-0.15, -0.1) is 0 Å². The third kappa shape index (κ3) is 1.65. The average Bonchev–Trinajstić information content (AvgIpc) is 2.92. The van der Waals surface area contributed by atoms with Crippen molar-refractivity contribution in [2.75, 3.05) is 0 Å². The highest BCUT2D eigenvalue weighted by Crippen LogP contribution is 2.49. The fraction of sp³-hybridized carbons (Fsp3) is 0.0476. The lowest BCUT2D eigenvalue weighted by Gasteiger charge is -2.26. The first-order valence-corrected chi connectivity index (χ1v) is 7.91. The van der Waals surface area contributed by atoms with Gasteiger partial charge in [0.15, 0.2) is 0 Å². The molecule has 0 fully saturated rings. The zero-order valence-corrected chi connectivity index (χ0v) is 12.8. The first-order chi connectivity index (χ1) is 11.8. The molecule has 0 unspecified atom stereocenters. The van der Waals surface area contributed by atoms with Gasteiger partial charge < -0.3 is 5.11 Å². The van der Waals surface area contributed by atoms with Gasteiger partial charge in [-0.05, 0) is 34.5 Å². The molecule has 0 amide bonds. The normalized spacial score (nSPS) is 14.4. The minimum atomic E-state index is -1.22. The summed E-state index contributed by atoms with van der Waals surface area (Å²) < 4.78 is 0. The summed E-state index contributed by atoms with van der Waals surface area (Å²) in [6.07, 6.45) is 3.48. The molecule has 0 atom stereocenters. The Hall–Kier alpha value is -3.04. The number of hydrogen-bond donors (Lipinski definition) is 1. The van der Waals surface area contributed by atoms with E-state index in [-0.39, 0.29) is 0 Å².